The lowest BCUT2D eigenvalue weighted by molar-refractivity contribution is -0.138. The molecule has 0 amide bonds. The van der Waals surface area contributed by atoms with Crippen LogP contribution in [0.5, 0.6) is 0 Å². The zero-order chi connectivity index (χ0) is 10.9. The smallest absolute Gasteiger partial charge is 0.325 e. The van der Waals surface area contributed by atoms with Crippen molar-refractivity contribution in [2.24, 2.45) is 5.73 Å². The first kappa shape index (κ1) is 10.7. The molecule has 1 unspecified atom stereocenters. The lowest BCUT2D eigenvalue weighted by Crippen LogP contribution is -2.21. The normalized spacial score (nSPS) is 12.5. The van der Waals surface area contributed by atoms with Gasteiger partial charge in [-0.25, -0.2) is 4.39 Å². The first-order chi connectivity index (χ1) is 6.43. The monoisotopic (exact) mass is 218 g/mol. The molecule has 0 fully saturated rings. The van der Waals surface area contributed by atoms with E-state index in [0.717, 1.165) is 12.1 Å². The van der Waals surface area contributed by atoms with Crippen LogP contribution in [0.1, 0.15) is 11.6 Å². The maximum atomic E-state index is 13.0. The van der Waals surface area contributed by atoms with E-state index in [9.17, 15) is 9.18 Å². The van der Waals surface area contributed by atoms with Crippen LogP contribution in [0.3, 0.4) is 0 Å². The Kier molecular flexibility index (Phi) is 2.93. The fourth-order valence-corrected chi connectivity index (χ4v) is 1.24. The highest BCUT2D eigenvalue weighted by Crippen LogP contribution is 2.26. The van der Waals surface area contributed by atoms with E-state index in [4.69, 9.17) is 28.2 Å². The summed E-state index contributed by atoms with van der Waals surface area (Å²) in [6.07, 6.45) is 0. The van der Waals surface area contributed by atoms with Crippen molar-refractivity contribution < 1.29 is 14.3 Å². The van der Waals surface area contributed by atoms with Crippen LogP contribution in [-0.4, -0.2) is 11.1 Å². The maximum Gasteiger partial charge on any atom is 0.325 e. The summed E-state index contributed by atoms with van der Waals surface area (Å²) in [7, 11) is 0. The maximum absolute atomic E-state index is 13.0. The number of carboxylic acid groups (broad SMARTS) is 1. The van der Waals surface area contributed by atoms with E-state index in [1.807, 2.05) is 0 Å². The van der Waals surface area contributed by atoms with Crippen molar-refractivity contribution >= 4 is 23.3 Å². The molecule has 0 aliphatic heterocycles. The zero-order valence-electron chi connectivity index (χ0n) is 7.00. The third kappa shape index (κ3) is 1.94. The van der Waals surface area contributed by atoms with E-state index in [-0.39, 0.29) is 16.3 Å². The standard InChI is InChI=1S/C8H8ClFN2O2/c9-4-2-6(11)5(10)1-3(4)7(12)8(13)14/h1-2,7H,11-12H2,(H,13,14). The summed E-state index contributed by atoms with van der Waals surface area (Å²) in [6.45, 7) is 0. The molecule has 1 atom stereocenters. The number of benzene rings is 1. The second-order valence-electron chi connectivity index (χ2n) is 2.71. The van der Waals surface area contributed by atoms with Gasteiger partial charge in [0.05, 0.1) is 5.69 Å². The van der Waals surface area contributed by atoms with Gasteiger partial charge < -0.3 is 16.6 Å². The number of nitrogens with two attached hydrogens (primary N) is 2. The van der Waals surface area contributed by atoms with Crippen molar-refractivity contribution in [3.8, 4) is 0 Å². The highest BCUT2D eigenvalue weighted by molar-refractivity contribution is 6.31. The van der Waals surface area contributed by atoms with Gasteiger partial charge in [-0.1, -0.05) is 11.6 Å². The van der Waals surface area contributed by atoms with Crippen LogP contribution < -0.4 is 11.5 Å². The van der Waals surface area contributed by atoms with Gasteiger partial charge in [0.1, 0.15) is 11.9 Å². The second-order valence-corrected chi connectivity index (χ2v) is 3.12. The number of aliphatic carboxylic acids is 1. The molecule has 0 heterocycles. The molecule has 5 N–H and O–H groups in total. The number of nitrogen functional groups attached to an aromatic ring is 1. The summed E-state index contributed by atoms with van der Waals surface area (Å²) >= 11 is 5.65. The average molecular weight is 219 g/mol. The molecule has 0 aliphatic carbocycles. The topological polar surface area (TPSA) is 89.3 Å². The molecule has 1 rings (SSSR count). The van der Waals surface area contributed by atoms with Gasteiger partial charge in [0.25, 0.3) is 0 Å². The van der Waals surface area contributed by atoms with Crippen LogP contribution in [0.25, 0.3) is 0 Å². The molecule has 14 heavy (non-hydrogen) atoms. The molecule has 0 aromatic heterocycles. The van der Waals surface area contributed by atoms with E-state index >= 15 is 0 Å². The predicted molar refractivity (Wildman–Crippen MR) is 50.4 cm³/mol. The Hall–Kier alpha value is -1.33. The van der Waals surface area contributed by atoms with Crippen molar-refractivity contribution in [1.29, 1.82) is 0 Å². The fraction of sp³-hybridized carbons (Fsp3) is 0.125. The molecule has 0 bridgehead atoms. The minimum atomic E-state index is -1.35. The van der Waals surface area contributed by atoms with Gasteiger partial charge >= 0.3 is 5.97 Å². The third-order valence-electron chi connectivity index (χ3n) is 1.72. The Morgan fingerprint density at radius 2 is 2.14 bits per heavy atom. The number of halogens is 2. The molecule has 0 saturated carbocycles. The van der Waals surface area contributed by atoms with Crippen molar-refractivity contribution in [2.75, 3.05) is 5.73 Å². The first-order valence-electron chi connectivity index (χ1n) is 3.66. The molecule has 0 saturated heterocycles. The fourth-order valence-electron chi connectivity index (χ4n) is 0.949. The number of hydrogen-bond acceptors (Lipinski definition) is 3. The molecule has 0 aliphatic rings. The Labute approximate surface area is 84.3 Å². The van der Waals surface area contributed by atoms with Crippen molar-refractivity contribution in [1.82, 2.24) is 0 Å². The van der Waals surface area contributed by atoms with Crippen LogP contribution in [0.2, 0.25) is 5.02 Å². The second kappa shape index (κ2) is 3.81. The minimum absolute atomic E-state index is 0.00543. The summed E-state index contributed by atoms with van der Waals surface area (Å²) in [5, 5.41) is 8.62. The van der Waals surface area contributed by atoms with E-state index in [2.05, 4.69) is 0 Å². The molecule has 1 aromatic carbocycles. The molecule has 4 nitrogen and oxygen atoms in total. The van der Waals surface area contributed by atoms with Gasteiger partial charge in [-0.3, -0.25) is 4.79 Å². The van der Waals surface area contributed by atoms with Gasteiger partial charge in [-0.15, -0.1) is 0 Å². The van der Waals surface area contributed by atoms with Crippen molar-refractivity contribution in [3.05, 3.63) is 28.5 Å². The Bertz CT molecular complexity index is 384. The third-order valence-corrected chi connectivity index (χ3v) is 2.04. The van der Waals surface area contributed by atoms with Gasteiger partial charge in [0, 0.05) is 10.6 Å². The number of carboxylic acids is 1. The summed E-state index contributed by atoms with van der Waals surface area (Å²) in [5.74, 6) is -2.02. The van der Waals surface area contributed by atoms with E-state index in [0.29, 0.717) is 0 Å². The van der Waals surface area contributed by atoms with Crippen LogP contribution in [0.4, 0.5) is 10.1 Å². The van der Waals surface area contributed by atoms with Crippen LogP contribution in [0, 0.1) is 5.82 Å². The Morgan fingerprint density at radius 3 is 2.64 bits per heavy atom. The zero-order valence-corrected chi connectivity index (χ0v) is 7.75. The lowest BCUT2D eigenvalue weighted by atomic mass is 10.1. The first-order valence-corrected chi connectivity index (χ1v) is 4.04. The van der Waals surface area contributed by atoms with Gasteiger partial charge in [0.15, 0.2) is 0 Å². The predicted octanol–water partition coefficient (Wildman–Crippen LogP) is 1.15. The molecule has 76 valence electrons. The van der Waals surface area contributed by atoms with Crippen molar-refractivity contribution in [3.63, 3.8) is 0 Å². The van der Waals surface area contributed by atoms with E-state index in [1.165, 1.54) is 0 Å². The van der Waals surface area contributed by atoms with Crippen LogP contribution in [0.15, 0.2) is 12.1 Å². The van der Waals surface area contributed by atoms with Crippen LogP contribution >= 0.6 is 11.6 Å². The molecule has 0 spiro atoms. The minimum Gasteiger partial charge on any atom is -0.480 e. The number of anilines is 1. The molecular weight excluding hydrogens is 211 g/mol. The summed E-state index contributed by atoms with van der Waals surface area (Å²) in [5.41, 5.74) is 10.3. The average Bonchev–Trinajstić information content (AvgIpc) is 2.10. The number of rotatable bonds is 2. The molecular formula is C8H8ClFN2O2. The summed E-state index contributed by atoms with van der Waals surface area (Å²) < 4.78 is 13.0. The summed E-state index contributed by atoms with van der Waals surface area (Å²) in [6, 6.07) is 0.712. The van der Waals surface area contributed by atoms with Crippen molar-refractivity contribution in [2.45, 2.75) is 6.04 Å². The molecule has 6 heteroatoms. The largest absolute Gasteiger partial charge is 0.480 e. The lowest BCUT2D eigenvalue weighted by Gasteiger charge is -2.09. The highest BCUT2D eigenvalue weighted by atomic mass is 35.5. The van der Waals surface area contributed by atoms with E-state index in [1.54, 1.807) is 0 Å². The van der Waals surface area contributed by atoms with Crippen LogP contribution in [-0.2, 0) is 4.79 Å². The quantitative estimate of drug-likeness (QED) is 0.650. The molecule has 0 radical (unpaired) electrons. The summed E-state index contributed by atoms with van der Waals surface area (Å²) in [4.78, 5) is 10.5. The van der Waals surface area contributed by atoms with Gasteiger partial charge in [-0.2, -0.15) is 0 Å². The Balaban J connectivity index is 3.22. The van der Waals surface area contributed by atoms with E-state index < -0.39 is 17.8 Å². The SMILES string of the molecule is Nc1cc(Cl)c(C(N)C(=O)O)cc1F. The number of carbonyl (C=O) groups is 1. The molecule has 1 aromatic rings. The number of hydrogen-bond donors (Lipinski definition) is 3. The van der Waals surface area contributed by atoms with Gasteiger partial charge in [0.2, 0.25) is 0 Å². The Morgan fingerprint density at radius 1 is 1.57 bits per heavy atom. The highest BCUT2D eigenvalue weighted by Gasteiger charge is 2.19. The van der Waals surface area contributed by atoms with Gasteiger partial charge in [-0.05, 0) is 12.1 Å².